The minimum Gasteiger partial charge on any atom is -0.493 e. The average molecular weight is 605 g/mol. The first-order valence-electron chi connectivity index (χ1n) is 12.8. The van der Waals surface area contributed by atoms with E-state index in [1.54, 1.807) is 48.7 Å². The Labute approximate surface area is 252 Å². The molecule has 0 aliphatic carbocycles. The van der Waals surface area contributed by atoms with Crippen molar-refractivity contribution in [2.45, 2.75) is 6.54 Å². The molecule has 214 valence electrons. The topological polar surface area (TPSA) is 103 Å². The number of esters is 1. The number of amides is 1. The maximum Gasteiger partial charge on any atom is 0.339 e. The van der Waals surface area contributed by atoms with Gasteiger partial charge in [0, 0.05) is 34.0 Å². The zero-order valence-corrected chi connectivity index (χ0v) is 24.2. The molecule has 0 spiro atoms. The van der Waals surface area contributed by atoms with Crippen LogP contribution in [0.2, 0.25) is 10.0 Å². The number of carbonyl (C=O) groups is 2. The molecule has 2 N–H and O–H groups in total. The molecule has 0 fully saturated rings. The second-order valence-corrected chi connectivity index (χ2v) is 10.0. The molecule has 11 heteroatoms. The molecule has 3 aromatic carbocycles. The van der Waals surface area contributed by atoms with Gasteiger partial charge in [-0.2, -0.15) is 0 Å². The van der Waals surface area contributed by atoms with Crippen LogP contribution in [0.5, 0.6) is 11.5 Å². The summed E-state index contributed by atoms with van der Waals surface area (Å²) in [6.45, 7) is 0.254. The average Bonchev–Trinajstić information content (AvgIpc) is 3.36. The number of hydrogen-bond donors (Lipinski definition) is 2. The Morgan fingerprint density at radius 3 is 2.38 bits per heavy atom. The number of rotatable bonds is 10. The Morgan fingerprint density at radius 2 is 1.67 bits per heavy atom. The van der Waals surface area contributed by atoms with Gasteiger partial charge in [-0.25, -0.2) is 9.78 Å². The van der Waals surface area contributed by atoms with Crippen LogP contribution in [-0.4, -0.2) is 42.1 Å². The summed E-state index contributed by atoms with van der Waals surface area (Å²) in [6, 6.07) is 23.4. The van der Waals surface area contributed by atoms with E-state index in [-0.39, 0.29) is 6.61 Å². The fraction of sp³-hybridized carbons (Fsp3) is 0.129. The van der Waals surface area contributed by atoms with Crippen LogP contribution < -0.4 is 20.1 Å². The number of halogens is 2. The van der Waals surface area contributed by atoms with Crippen LogP contribution in [0.1, 0.15) is 15.9 Å². The Balaban J connectivity index is 1.42. The van der Waals surface area contributed by atoms with Crippen molar-refractivity contribution in [3.63, 3.8) is 0 Å². The number of nitrogens with zero attached hydrogens (tertiary/aromatic N) is 2. The number of pyridine rings is 1. The van der Waals surface area contributed by atoms with E-state index in [1.165, 1.54) is 14.2 Å². The van der Waals surface area contributed by atoms with Gasteiger partial charge < -0.3 is 24.8 Å². The summed E-state index contributed by atoms with van der Waals surface area (Å²) in [7, 11) is 2.85. The number of hydrogen-bond acceptors (Lipinski definition) is 7. The third-order valence-corrected chi connectivity index (χ3v) is 6.72. The molecule has 0 bridgehead atoms. The number of benzene rings is 3. The quantitative estimate of drug-likeness (QED) is 0.170. The van der Waals surface area contributed by atoms with Crippen molar-refractivity contribution in [2.75, 3.05) is 31.5 Å². The van der Waals surface area contributed by atoms with E-state index in [2.05, 4.69) is 10.6 Å². The summed E-state index contributed by atoms with van der Waals surface area (Å²) >= 11 is 12.0. The molecule has 0 aliphatic rings. The van der Waals surface area contributed by atoms with Crippen LogP contribution in [0.4, 0.5) is 11.5 Å². The SMILES string of the molecule is COC(=O)c1ccc2nc(-c3ccc(OCC(=O)Nc4cc(Cl)cc(Cl)c4)c(OC)c3)c(NCc3ccccc3)n2c1. The van der Waals surface area contributed by atoms with Crippen molar-refractivity contribution < 1.29 is 23.8 Å². The second-order valence-electron chi connectivity index (χ2n) is 9.15. The molecule has 5 aromatic rings. The van der Waals surface area contributed by atoms with E-state index in [4.69, 9.17) is 42.4 Å². The number of carbonyl (C=O) groups excluding carboxylic acids is 2. The molecule has 0 saturated heterocycles. The lowest BCUT2D eigenvalue weighted by Crippen LogP contribution is -2.20. The lowest BCUT2D eigenvalue weighted by Gasteiger charge is -2.13. The van der Waals surface area contributed by atoms with Gasteiger partial charge in [-0.3, -0.25) is 9.20 Å². The molecular formula is C31H26Cl2N4O5. The number of aromatic nitrogens is 2. The van der Waals surface area contributed by atoms with Gasteiger partial charge in [0.15, 0.2) is 18.1 Å². The van der Waals surface area contributed by atoms with Crippen LogP contribution >= 0.6 is 23.2 Å². The fourth-order valence-electron chi connectivity index (χ4n) is 4.34. The molecular weight excluding hydrogens is 579 g/mol. The van der Waals surface area contributed by atoms with E-state index >= 15 is 0 Å². The first-order chi connectivity index (χ1) is 20.3. The lowest BCUT2D eigenvalue weighted by molar-refractivity contribution is -0.118. The predicted molar refractivity (Wildman–Crippen MR) is 163 cm³/mol. The number of imidazole rings is 1. The zero-order valence-electron chi connectivity index (χ0n) is 22.7. The van der Waals surface area contributed by atoms with Crippen LogP contribution in [0.15, 0.2) is 85.1 Å². The molecule has 0 atom stereocenters. The molecule has 2 aromatic heterocycles. The summed E-state index contributed by atoms with van der Waals surface area (Å²) in [6.07, 6.45) is 1.69. The number of anilines is 2. The van der Waals surface area contributed by atoms with E-state index < -0.39 is 11.9 Å². The van der Waals surface area contributed by atoms with Gasteiger partial charge in [0.25, 0.3) is 5.91 Å². The Hall–Kier alpha value is -4.73. The molecule has 0 radical (unpaired) electrons. The highest BCUT2D eigenvalue weighted by Crippen LogP contribution is 2.36. The number of fused-ring (bicyclic) bond motifs is 1. The smallest absolute Gasteiger partial charge is 0.339 e. The maximum absolute atomic E-state index is 12.5. The second kappa shape index (κ2) is 12.8. The van der Waals surface area contributed by atoms with E-state index in [1.807, 2.05) is 40.8 Å². The van der Waals surface area contributed by atoms with Crippen LogP contribution in [-0.2, 0) is 16.1 Å². The van der Waals surface area contributed by atoms with Gasteiger partial charge in [0.1, 0.15) is 17.2 Å². The highest BCUT2D eigenvalue weighted by Gasteiger charge is 2.19. The van der Waals surface area contributed by atoms with Gasteiger partial charge in [0.2, 0.25) is 0 Å². The van der Waals surface area contributed by atoms with Gasteiger partial charge in [0.05, 0.1) is 19.8 Å². The fourth-order valence-corrected chi connectivity index (χ4v) is 4.86. The zero-order chi connectivity index (χ0) is 29.6. The summed E-state index contributed by atoms with van der Waals surface area (Å²) in [5.41, 5.74) is 3.91. The normalized spacial score (nSPS) is 10.8. The third kappa shape index (κ3) is 6.59. The van der Waals surface area contributed by atoms with Crippen LogP contribution in [0.3, 0.4) is 0 Å². The van der Waals surface area contributed by atoms with Crippen molar-refractivity contribution in [3.05, 3.63) is 106 Å². The van der Waals surface area contributed by atoms with Crippen LogP contribution in [0, 0.1) is 0 Å². The lowest BCUT2D eigenvalue weighted by atomic mass is 10.1. The van der Waals surface area contributed by atoms with Gasteiger partial charge >= 0.3 is 5.97 Å². The minimum absolute atomic E-state index is 0.269. The maximum atomic E-state index is 12.5. The standard InChI is InChI=1S/C31H26Cl2N4O5/c1-40-26-12-20(8-10-25(26)42-18-28(38)35-24-14-22(32)13-23(33)15-24)29-30(34-16-19-6-4-3-5-7-19)37-17-21(31(39)41-2)9-11-27(37)36-29/h3-15,17,34H,16,18H2,1-2H3,(H,35,38). The first-order valence-corrected chi connectivity index (χ1v) is 13.6. The molecule has 1 amide bonds. The molecule has 42 heavy (non-hydrogen) atoms. The van der Waals surface area contributed by atoms with Crippen molar-refractivity contribution >= 4 is 52.2 Å². The largest absolute Gasteiger partial charge is 0.493 e. The molecule has 0 saturated carbocycles. The molecule has 0 aliphatic heterocycles. The Morgan fingerprint density at radius 1 is 0.905 bits per heavy atom. The highest BCUT2D eigenvalue weighted by molar-refractivity contribution is 6.35. The summed E-state index contributed by atoms with van der Waals surface area (Å²) in [5.74, 6) is 0.610. The van der Waals surface area contributed by atoms with E-state index in [0.717, 1.165) is 11.1 Å². The summed E-state index contributed by atoms with van der Waals surface area (Å²) < 4.78 is 18.1. The molecule has 5 rings (SSSR count). The number of methoxy groups -OCH3 is 2. The number of ether oxygens (including phenoxy) is 3. The predicted octanol–water partition coefficient (Wildman–Crippen LogP) is 6.73. The van der Waals surface area contributed by atoms with Gasteiger partial charge in [-0.1, -0.05) is 53.5 Å². The van der Waals surface area contributed by atoms with Crippen molar-refractivity contribution in [1.82, 2.24) is 9.38 Å². The molecule has 9 nitrogen and oxygen atoms in total. The minimum atomic E-state index is -0.452. The van der Waals surface area contributed by atoms with Gasteiger partial charge in [-0.05, 0) is 54.1 Å². The highest BCUT2D eigenvalue weighted by atomic mass is 35.5. The van der Waals surface area contributed by atoms with Gasteiger partial charge in [-0.15, -0.1) is 0 Å². The first kappa shape index (κ1) is 28.8. The summed E-state index contributed by atoms with van der Waals surface area (Å²) in [4.78, 5) is 29.6. The van der Waals surface area contributed by atoms with Crippen molar-refractivity contribution in [3.8, 4) is 22.8 Å². The Bertz CT molecular complexity index is 1740. The monoisotopic (exact) mass is 604 g/mol. The Kier molecular flexibility index (Phi) is 8.80. The van der Waals surface area contributed by atoms with E-state index in [0.29, 0.717) is 56.5 Å². The molecule has 0 unspecified atom stereocenters. The third-order valence-electron chi connectivity index (χ3n) is 6.28. The van der Waals surface area contributed by atoms with Crippen molar-refractivity contribution in [1.29, 1.82) is 0 Å². The molecule has 2 heterocycles. The van der Waals surface area contributed by atoms with Crippen molar-refractivity contribution in [2.24, 2.45) is 0 Å². The summed E-state index contributed by atoms with van der Waals surface area (Å²) in [5, 5.41) is 6.98. The van der Waals surface area contributed by atoms with Crippen LogP contribution in [0.25, 0.3) is 16.9 Å². The van der Waals surface area contributed by atoms with E-state index in [9.17, 15) is 9.59 Å². The number of nitrogens with one attached hydrogen (secondary N) is 2.